The van der Waals surface area contributed by atoms with Crippen LogP contribution in [0.1, 0.15) is 51.9 Å². The molecule has 5 nitrogen and oxygen atoms in total. The van der Waals surface area contributed by atoms with Crippen LogP contribution in [0.15, 0.2) is 23.6 Å². The first-order chi connectivity index (χ1) is 11.6. The molecule has 0 aliphatic carbocycles. The molecule has 0 unspecified atom stereocenters. The summed E-state index contributed by atoms with van der Waals surface area (Å²) in [5, 5.41) is 13.6. The van der Waals surface area contributed by atoms with Gasteiger partial charge in [-0.25, -0.2) is 0 Å². The third kappa shape index (κ3) is 3.23. The van der Waals surface area contributed by atoms with Gasteiger partial charge in [0, 0.05) is 36.6 Å². The zero-order valence-corrected chi connectivity index (χ0v) is 14.9. The number of nitrogens with zero attached hydrogens (tertiary/aromatic N) is 3. The van der Waals surface area contributed by atoms with Crippen LogP contribution in [-0.2, 0) is 13.6 Å². The van der Waals surface area contributed by atoms with Gasteiger partial charge in [0.2, 0.25) is 0 Å². The molecule has 3 rings (SSSR count). The molecule has 0 spiro atoms. The van der Waals surface area contributed by atoms with Gasteiger partial charge in [0.1, 0.15) is 11.8 Å². The van der Waals surface area contributed by atoms with Gasteiger partial charge in [-0.2, -0.15) is 5.26 Å². The van der Waals surface area contributed by atoms with Crippen molar-refractivity contribution in [3.05, 3.63) is 45.4 Å². The van der Waals surface area contributed by atoms with Crippen LogP contribution in [0.25, 0.3) is 0 Å². The maximum absolute atomic E-state index is 12.0. The highest BCUT2D eigenvalue weighted by Gasteiger charge is 2.27. The van der Waals surface area contributed by atoms with Crippen LogP contribution < -0.4 is 5.32 Å². The smallest absolute Gasteiger partial charge is 0.267 e. The Morgan fingerprint density at radius 1 is 1.46 bits per heavy atom. The van der Waals surface area contributed by atoms with E-state index >= 15 is 0 Å². The van der Waals surface area contributed by atoms with Gasteiger partial charge < -0.3 is 9.88 Å². The standard InChI is InChI=1S/C18H22N4OS/c1-20-18(23)17-7-6-15(21(17)2)16-5-3-4-8-22(16)11-14-9-13(10-19)12-24-14/h6-7,9,12,16H,3-5,8,11H2,1-2H3,(H,20,23)/t16-/m1/s1. The van der Waals surface area contributed by atoms with Crippen LogP contribution in [0.4, 0.5) is 0 Å². The molecule has 0 aromatic carbocycles. The molecule has 1 saturated heterocycles. The summed E-state index contributed by atoms with van der Waals surface area (Å²) in [6.07, 6.45) is 3.50. The number of thiophene rings is 1. The fraction of sp³-hybridized carbons (Fsp3) is 0.444. The quantitative estimate of drug-likeness (QED) is 0.929. The van der Waals surface area contributed by atoms with E-state index in [0.717, 1.165) is 25.1 Å². The first-order valence-corrected chi connectivity index (χ1v) is 9.11. The number of carbonyl (C=O) groups excluding carboxylic acids is 1. The lowest BCUT2D eigenvalue weighted by atomic mass is 9.99. The molecule has 1 fully saturated rings. The molecule has 6 heteroatoms. The van der Waals surface area contributed by atoms with Gasteiger partial charge in [-0.05, 0) is 37.6 Å². The van der Waals surface area contributed by atoms with Crippen LogP contribution in [-0.4, -0.2) is 29.0 Å². The van der Waals surface area contributed by atoms with Crippen molar-refractivity contribution in [2.24, 2.45) is 7.05 Å². The minimum absolute atomic E-state index is 0.0528. The second-order valence-corrected chi connectivity index (χ2v) is 7.17. The third-order valence-electron chi connectivity index (χ3n) is 4.72. The number of nitrogens with one attached hydrogen (secondary N) is 1. The van der Waals surface area contributed by atoms with Crippen molar-refractivity contribution >= 4 is 17.2 Å². The fourth-order valence-corrected chi connectivity index (χ4v) is 4.29. The van der Waals surface area contributed by atoms with Crippen molar-refractivity contribution in [3.63, 3.8) is 0 Å². The molecule has 3 heterocycles. The minimum atomic E-state index is -0.0528. The van der Waals surface area contributed by atoms with E-state index in [4.69, 9.17) is 5.26 Å². The van der Waals surface area contributed by atoms with Gasteiger partial charge in [-0.3, -0.25) is 9.69 Å². The number of hydrogen-bond acceptors (Lipinski definition) is 4. The molecular weight excluding hydrogens is 320 g/mol. The van der Waals surface area contributed by atoms with Gasteiger partial charge in [0.05, 0.1) is 11.6 Å². The lowest BCUT2D eigenvalue weighted by Gasteiger charge is -2.36. The van der Waals surface area contributed by atoms with Crippen molar-refractivity contribution in [2.45, 2.75) is 31.8 Å². The van der Waals surface area contributed by atoms with Crippen molar-refractivity contribution in [3.8, 4) is 6.07 Å². The molecule has 1 amide bonds. The van der Waals surface area contributed by atoms with Crippen LogP contribution in [0, 0.1) is 11.3 Å². The summed E-state index contributed by atoms with van der Waals surface area (Å²) >= 11 is 1.65. The molecule has 2 aromatic rings. The number of hydrogen-bond donors (Lipinski definition) is 1. The topological polar surface area (TPSA) is 61.1 Å². The normalized spacial score (nSPS) is 18.3. The number of piperidine rings is 1. The Balaban J connectivity index is 1.83. The van der Waals surface area contributed by atoms with E-state index in [-0.39, 0.29) is 5.91 Å². The zero-order valence-electron chi connectivity index (χ0n) is 14.1. The zero-order chi connectivity index (χ0) is 17.1. The molecule has 2 aromatic heterocycles. The van der Waals surface area contributed by atoms with Gasteiger partial charge >= 0.3 is 0 Å². The van der Waals surface area contributed by atoms with Crippen LogP contribution in [0.5, 0.6) is 0 Å². The van der Waals surface area contributed by atoms with E-state index in [9.17, 15) is 4.79 Å². The highest BCUT2D eigenvalue weighted by atomic mass is 32.1. The molecule has 1 N–H and O–H groups in total. The molecule has 24 heavy (non-hydrogen) atoms. The largest absolute Gasteiger partial charge is 0.354 e. The summed E-state index contributed by atoms with van der Waals surface area (Å²) in [5.74, 6) is -0.0528. The molecular formula is C18H22N4OS. The monoisotopic (exact) mass is 342 g/mol. The average Bonchev–Trinajstić information content (AvgIpc) is 3.21. The van der Waals surface area contributed by atoms with E-state index in [1.165, 1.54) is 23.4 Å². The highest BCUT2D eigenvalue weighted by Crippen LogP contribution is 2.33. The summed E-state index contributed by atoms with van der Waals surface area (Å²) in [5.41, 5.74) is 2.62. The predicted octanol–water partition coefficient (Wildman–Crippen LogP) is 3.05. The van der Waals surface area contributed by atoms with E-state index in [0.29, 0.717) is 11.7 Å². The van der Waals surface area contributed by atoms with Crippen LogP contribution in [0.3, 0.4) is 0 Å². The van der Waals surface area contributed by atoms with Crippen molar-refractivity contribution in [2.75, 3.05) is 13.6 Å². The Morgan fingerprint density at radius 3 is 3.00 bits per heavy atom. The number of nitriles is 1. The molecule has 1 atom stereocenters. The second-order valence-electron chi connectivity index (χ2n) is 6.18. The number of aromatic nitrogens is 1. The summed E-state index contributed by atoms with van der Waals surface area (Å²) in [6, 6.07) is 8.48. The van der Waals surface area contributed by atoms with Crippen molar-refractivity contribution in [1.82, 2.24) is 14.8 Å². The Bertz CT molecular complexity index is 770. The number of likely N-dealkylation sites (tertiary alicyclic amines) is 1. The van der Waals surface area contributed by atoms with E-state index in [1.54, 1.807) is 18.4 Å². The van der Waals surface area contributed by atoms with Gasteiger partial charge in [-0.1, -0.05) is 6.42 Å². The highest BCUT2D eigenvalue weighted by molar-refractivity contribution is 7.10. The van der Waals surface area contributed by atoms with Gasteiger partial charge in [-0.15, -0.1) is 11.3 Å². The fourth-order valence-electron chi connectivity index (χ4n) is 3.46. The van der Waals surface area contributed by atoms with E-state index < -0.39 is 0 Å². The van der Waals surface area contributed by atoms with Gasteiger partial charge in [0.25, 0.3) is 5.91 Å². The molecule has 0 radical (unpaired) electrons. The molecule has 1 aliphatic heterocycles. The molecule has 0 saturated carbocycles. The predicted molar refractivity (Wildman–Crippen MR) is 94.8 cm³/mol. The number of carbonyl (C=O) groups is 1. The number of amides is 1. The Labute approximate surface area is 146 Å². The van der Waals surface area contributed by atoms with Crippen molar-refractivity contribution in [1.29, 1.82) is 5.26 Å². The summed E-state index contributed by atoms with van der Waals surface area (Å²) in [7, 11) is 3.62. The molecule has 1 aliphatic rings. The Hall–Kier alpha value is -2.10. The first-order valence-electron chi connectivity index (χ1n) is 8.23. The van der Waals surface area contributed by atoms with Gasteiger partial charge in [0.15, 0.2) is 0 Å². The lowest BCUT2D eigenvalue weighted by molar-refractivity contribution is 0.0952. The Morgan fingerprint density at radius 2 is 2.29 bits per heavy atom. The molecule has 126 valence electrons. The van der Waals surface area contributed by atoms with Crippen LogP contribution in [0.2, 0.25) is 0 Å². The second kappa shape index (κ2) is 7.20. The van der Waals surface area contributed by atoms with E-state index in [1.807, 2.05) is 29.1 Å². The summed E-state index contributed by atoms with van der Waals surface area (Å²) in [4.78, 5) is 15.7. The maximum Gasteiger partial charge on any atom is 0.267 e. The average molecular weight is 342 g/mol. The lowest BCUT2D eigenvalue weighted by Crippen LogP contribution is -2.34. The molecule has 0 bridgehead atoms. The third-order valence-corrected chi connectivity index (χ3v) is 5.64. The first kappa shape index (κ1) is 16.7. The summed E-state index contributed by atoms with van der Waals surface area (Å²) in [6.45, 7) is 1.91. The Kier molecular flexibility index (Phi) is 5.03. The van der Waals surface area contributed by atoms with E-state index in [2.05, 4.69) is 22.4 Å². The number of rotatable bonds is 4. The maximum atomic E-state index is 12.0. The van der Waals surface area contributed by atoms with Crippen LogP contribution >= 0.6 is 11.3 Å². The SMILES string of the molecule is CNC(=O)c1ccc([C@H]2CCCCN2Cc2cc(C#N)cs2)n1C. The minimum Gasteiger partial charge on any atom is -0.354 e. The summed E-state index contributed by atoms with van der Waals surface area (Å²) < 4.78 is 2.01. The van der Waals surface area contributed by atoms with Crippen molar-refractivity contribution < 1.29 is 4.79 Å².